The molecule has 3 N–H and O–H groups in total. The van der Waals surface area contributed by atoms with E-state index < -0.39 is 0 Å². The van der Waals surface area contributed by atoms with Gasteiger partial charge in [0, 0.05) is 5.56 Å². The van der Waals surface area contributed by atoms with Gasteiger partial charge < -0.3 is 15.7 Å². The van der Waals surface area contributed by atoms with E-state index in [9.17, 15) is 0 Å². The van der Waals surface area contributed by atoms with Crippen molar-refractivity contribution in [2.45, 2.75) is 26.4 Å². The van der Waals surface area contributed by atoms with Gasteiger partial charge in [-0.3, -0.25) is 0 Å². The smallest absolute Gasteiger partial charge is 0.170 e. The zero-order valence-corrected chi connectivity index (χ0v) is 10.0. The molecule has 1 aromatic carbocycles. The van der Waals surface area contributed by atoms with Crippen molar-refractivity contribution in [3.8, 4) is 5.75 Å². The van der Waals surface area contributed by atoms with Gasteiger partial charge >= 0.3 is 0 Å². The van der Waals surface area contributed by atoms with Gasteiger partial charge in [0.25, 0.3) is 0 Å². The molecule has 0 saturated carbocycles. The number of halogens is 1. The van der Waals surface area contributed by atoms with Crippen LogP contribution in [0.3, 0.4) is 0 Å². The Morgan fingerprint density at radius 1 is 1.62 bits per heavy atom. The molecule has 0 fully saturated rings. The molecule has 0 saturated heterocycles. The van der Waals surface area contributed by atoms with E-state index in [4.69, 9.17) is 27.3 Å². The van der Waals surface area contributed by atoms with E-state index in [-0.39, 0.29) is 11.9 Å². The SMILES string of the molecule is CCC(C)Oc1ccc(C(N)=NO)cc1Cl. The minimum absolute atomic E-state index is 0.0250. The van der Waals surface area contributed by atoms with Crippen LogP contribution in [0.1, 0.15) is 25.8 Å². The number of benzene rings is 1. The molecule has 1 atom stereocenters. The highest BCUT2D eigenvalue weighted by atomic mass is 35.5. The highest BCUT2D eigenvalue weighted by Crippen LogP contribution is 2.26. The zero-order chi connectivity index (χ0) is 12.1. The van der Waals surface area contributed by atoms with Crippen molar-refractivity contribution in [3.63, 3.8) is 0 Å². The van der Waals surface area contributed by atoms with E-state index in [1.165, 1.54) is 0 Å². The van der Waals surface area contributed by atoms with Gasteiger partial charge in [0.05, 0.1) is 11.1 Å². The fraction of sp³-hybridized carbons (Fsp3) is 0.364. The molecule has 0 spiro atoms. The summed E-state index contributed by atoms with van der Waals surface area (Å²) in [6.07, 6.45) is 1.01. The number of rotatable bonds is 4. The molecule has 1 aromatic rings. The van der Waals surface area contributed by atoms with Crippen molar-refractivity contribution >= 4 is 17.4 Å². The molecule has 0 amide bonds. The van der Waals surface area contributed by atoms with E-state index in [1.807, 2.05) is 13.8 Å². The minimum Gasteiger partial charge on any atom is -0.489 e. The van der Waals surface area contributed by atoms with Crippen molar-refractivity contribution in [2.75, 3.05) is 0 Å². The zero-order valence-electron chi connectivity index (χ0n) is 9.27. The molecular weight excluding hydrogens is 228 g/mol. The molecule has 0 aromatic heterocycles. The Kier molecular flexibility index (Phi) is 4.43. The van der Waals surface area contributed by atoms with E-state index >= 15 is 0 Å². The first-order valence-electron chi connectivity index (χ1n) is 5.02. The quantitative estimate of drug-likeness (QED) is 0.369. The topological polar surface area (TPSA) is 67.8 Å². The van der Waals surface area contributed by atoms with Crippen molar-refractivity contribution < 1.29 is 9.94 Å². The fourth-order valence-corrected chi connectivity index (χ4v) is 1.34. The highest BCUT2D eigenvalue weighted by molar-refractivity contribution is 6.32. The molecule has 5 heteroatoms. The van der Waals surface area contributed by atoms with Crippen LogP contribution >= 0.6 is 11.6 Å². The van der Waals surface area contributed by atoms with Gasteiger partial charge in [-0.25, -0.2) is 0 Å². The van der Waals surface area contributed by atoms with Crippen molar-refractivity contribution in [3.05, 3.63) is 28.8 Å². The summed E-state index contributed by atoms with van der Waals surface area (Å²) in [5.41, 5.74) is 6.00. The Balaban J connectivity index is 2.92. The van der Waals surface area contributed by atoms with Gasteiger partial charge in [-0.2, -0.15) is 0 Å². The average Bonchev–Trinajstić information content (AvgIpc) is 2.30. The molecule has 1 unspecified atom stereocenters. The van der Waals surface area contributed by atoms with Crippen LogP contribution < -0.4 is 10.5 Å². The van der Waals surface area contributed by atoms with Crippen LogP contribution in [0.15, 0.2) is 23.4 Å². The van der Waals surface area contributed by atoms with E-state index in [0.717, 1.165) is 6.42 Å². The van der Waals surface area contributed by atoms with Crippen LogP contribution in [0.25, 0.3) is 0 Å². The number of hydrogen-bond donors (Lipinski definition) is 2. The first-order valence-corrected chi connectivity index (χ1v) is 5.40. The summed E-state index contributed by atoms with van der Waals surface area (Å²) in [5, 5.41) is 11.9. The summed E-state index contributed by atoms with van der Waals surface area (Å²) in [5.74, 6) is 0.627. The molecule has 0 aliphatic heterocycles. The largest absolute Gasteiger partial charge is 0.489 e. The van der Waals surface area contributed by atoms with E-state index in [2.05, 4.69) is 5.16 Å². The van der Waals surface area contributed by atoms with Gasteiger partial charge in [-0.15, -0.1) is 0 Å². The van der Waals surface area contributed by atoms with Crippen LogP contribution in [0.5, 0.6) is 5.75 Å². The van der Waals surface area contributed by atoms with Crippen LogP contribution in [0, 0.1) is 0 Å². The first kappa shape index (κ1) is 12.6. The van der Waals surface area contributed by atoms with Crippen LogP contribution in [0.4, 0.5) is 0 Å². The normalized spacial score (nSPS) is 13.6. The summed E-state index contributed by atoms with van der Waals surface area (Å²) in [7, 11) is 0. The first-order chi connectivity index (χ1) is 7.58. The maximum atomic E-state index is 8.52. The monoisotopic (exact) mass is 242 g/mol. The maximum Gasteiger partial charge on any atom is 0.170 e. The second-order valence-corrected chi connectivity index (χ2v) is 3.87. The molecule has 0 heterocycles. The number of amidine groups is 1. The standard InChI is InChI=1S/C11H15ClN2O2/c1-3-7(2)16-10-5-4-8(6-9(10)12)11(13)14-15/h4-7,15H,3H2,1-2H3,(H2,13,14). The summed E-state index contributed by atoms with van der Waals surface area (Å²) in [6.45, 7) is 4.00. The summed E-state index contributed by atoms with van der Waals surface area (Å²) in [6, 6.07) is 5.01. The average molecular weight is 243 g/mol. The summed E-state index contributed by atoms with van der Waals surface area (Å²) >= 11 is 6.01. The Labute approximate surface area is 99.7 Å². The molecule has 0 aliphatic carbocycles. The van der Waals surface area contributed by atoms with E-state index in [1.54, 1.807) is 18.2 Å². The molecule has 0 aliphatic rings. The molecule has 1 rings (SSSR count). The Hall–Kier alpha value is -1.42. The Bertz CT molecular complexity index is 394. The molecular formula is C11H15ClN2O2. The highest BCUT2D eigenvalue weighted by Gasteiger charge is 2.08. The minimum atomic E-state index is 0.0250. The fourth-order valence-electron chi connectivity index (χ4n) is 1.11. The predicted molar refractivity (Wildman–Crippen MR) is 64.3 cm³/mol. The lowest BCUT2D eigenvalue weighted by Crippen LogP contribution is -2.14. The number of nitrogens with two attached hydrogens (primary N) is 1. The molecule has 0 bridgehead atoms. The van der Waals surface area contributed by atoms with E-state index in [0.29, 0.717) is 16.3 Å². The molecule has 4 nitrogen and oxygen atoms in total. The predicted octanol–water partition coefficient (Wildman–Crippen LogP) is 2.61. The van der Waals surface area contributed by atoms with Crippen LogP contribution in [-0.2, 0) is 0 Å². The van der Waals surface area contributed by atoms with Gasteiger partial charge in [0.15, 0.2) is 5.84 Å². The lowest BCUT2D eigenvalue weighted by atomic mass is 10.2. The molecule has 16 heavy (non-hydrogen) atoms. The third-order valence-corrected chi connectivity index (χ3v) is 2.53. The number of nitrogens with zero attached hydrogens (tertiary/aromatic N) is 1. The third kappa shape index (κ3) is 3.03. The number of oxime groups is 1. The third-order valence-electron chi connectivity index (χ3n) is 2.24. The summed E-state index contributed by atoms with van der Waals surface area (Å²) in [4.78, 5) is 0. The summed E-state index contributed by atoms with van der Waals surface area (Å²) < 4.78 is 5.59. The Morgan fingerprint density at radius 2 is 2.31 bits per heavy atom. The number of ether oxygens (including phenoxy) is 1. The van der Waals surface area contributed by atoms with Gasteiger partial charge in [-0.1, -0.05) is 23.7 Å². The van der Waals surface area contributed by atoms with Gasteiger partial charge in [0.1, 0.15) is 5.75 Å². The molecule has 0 radical (unpaired) electrons. The molecule has 88 valence electrons. The number of hydrogen-bond acceptors (Lipinski definition) is 3. The van der Waals surface area contributed by atoms with Gasteiger partial charge in [0.2, 0.25) is 0 Å². The van der Waals surface area contributed by atoms with Crippen molar-refractivity contribution in [2.24, 2.45) is 10.9 Å². The van der Waals surface area contributed by atoms with Gasteiger partial charge in [-0.05, 0) is 31.5 Å². The second-order valence-electron chi connectivity index (χ2n) is 3.47. The van der Waals surface area contributed by atoms with Crippen LogP contribution in [-0.4, -0.2) is 17.1 Å². The maximum absolute atomic E-state index is 8.52. The van der Waals surface area contributed by atoms with Crippen molar-refractivity contribution in [1.29, 1.82) is 0 Å². The second kappa shape index (κ2) is 5.61. The van der Waals surface area contributed by atoms with Crippen molar-refractivity contribution in [1.82, 2.24) is 0 Å². The lowest BCUT2D eigenvalue weighted by molar-refractivity contribution is 0.217. The van der Waals surface area contributed by atoms with Crippen LogP contribution in [0.2, 0.25) is 5.02 Å². The Morgan fingerprint density at radius 3 is 2.81 bits per heavy atom. The lowest BCUT2D eigenvalue weighted by Gasteiger charge is -2.14.